The predicted molar refractivity (Wildman–Crippen MR) is 65.0 cm³/mol. The van der Waals surface area contributed by atoms with Crippen LogP contribution in [0.3, 0.4) is 0 Å². The molecule has 18 heavy (non-hydrogen) atoms. The van der Waals surface area contributed by atoms with Crippen LogP contribution in [0.4, 0.5) is 0 Å². The maximum Gasteiger partial charge on any atom is 0.317 e. The van der Waals surface area contributed by atoms with Crippen molar-refractivity contribution < 1.29 is 9.90 Å². The molecule has 1 aliphatic rings. The number of aliphatic carboxylic acids is 1. The highest BCUT2D eigenvalue weighted by Gasteiger charge is 2.17. The van der Waals surface area contributed by atoms with Crippen molar-refractivity contribution >= 4 is 5.97 Å². The van der Waals surface area contributed by atoms with Crippen molar-refractivity contribution in [3.05, 3.63) is 11.9 Å². The average molecular weight is 253 g/mol. The van der Waals surface area contributed by atoms with Crippen LogP contribution < -0.4 is 0 Å². The molecule has 1 aromatic heterocycles. The van der Waals surface area contributed by atoms with Crippen molar-refractivity contribution in [3.63, 3.8) is 0 Å². The zero-order chi connectivity index (χ0) is 13.0. The molecule has 2 heterocycles. The van der Waals surface area contributed by atoms with Gasteiger partial charge >= 0.3 is 5.97 Å². The van der Waals surface area contributed by atoms with Crippen molar-refractivity contribution in [3.8, 4) is 0 Å². The van der Waals surface area contributed by atoms with Gasteiger partial charge in [-0.05, 0) is 13.0 Å². The SMILES string of the molecule is Cn1cc(CN2CCCN(CC(=O)O)CC2)nn1. The molecule has 1 N–H and O–H groups in total. The van der Waals surface area contributed by atoms with Crippen molar-refractivity contribution in [1.82, 2.24) is 24.8 Å². The van der Waals surface area contributed by atoms with E-state index < -0.39 is 5.97 Å². The second-order valence-corrected chi connectivity index (χ2v) is 4.68. The molecule has 1 fully saturated rings. The highest BCUT2D eigenvalue weighted by atomic mass is 16.4. The van der Waals surface area contributed by atoms with E-state index in [0.717, 1.165) is 44.8 Å². The largest absolute Gasteiger partial charge is 0.480 e. The molecule has 0 spiro atoms. The van der Waals surface area contributed by atoms with E-state index in [9.17, 15) is 4.79 Å². The number of carbonyl (C=O) groups is 1. The Morgan fingerprint density at radius 1 is 1.33 bits per heavy atom. The third kappa shape index (κ3) is 3.78. The third-order valence-electron chi connectivity index (χ3n) is 3.08. The molecule has 0 amide bonds. The van der Waals surface area contributed by atoms with Crippen molar-refractivity contribution in [2.45, 2.75) is 13.0 Å². The second kappa shape index (κ2) is 5.92. The first kappa shape index (κ1) is 13.0. The van der Waals surface area contributed by atoms with Gasteiger partial charge in [0.1, 0.15) is 0 Å². The van der Waals surface area contributed by atoms with Crippen molar-refractivity contribution in [1.29, 1.82) is 0 Å². The molecular weight excluding hydrogens is 234 g/mol. The summed E-state index contributed by atoms with van der Waals surface area (Å²) in [6.45, 7) is 4.43. The third-order valence-corrected chi connectivity index (χ3v) is 3.08. The van der Waals surface area contributed by atoms with E-state index >= 15 is 0 Å². The van der Waals surface area contributed by atoms with Gasteiger partial charge in [0.15, 0.2) is 0 Å². The number of carboxylic acids is 1. The Bertz CT molecular complexity index is 406. The van der Waals surface area contributed by atoms with Gasteiger partial charge in [-0.15, -0.1) is 5.10 Å². The van der Waals surface area contributed by atoms with Crippen LogP contribution in [0.1, 0.15) is 12.1 Å². The highest BCUT2D eigenvalue weighted by molar-refractivity contribution is 5.69. The molecule has 0 atom stereocenters. The van der Waals surface area contributed by atoms with E-state index in [2.05, 4.69) is 15.2 Å². The number of nitrogens with zero attached hydrogens (tertiary/aromatic N) is 5. The van der Waals surface area contributed by atoms with Gasteiger partial charge in [0, 0.05) is 39.4 Å². The first-order valence-electron chi connectivity index (χ1n) is 6.15. The summed E-state index contributed by atoms with van der Waals surface area (Å²) in [6, 6.07) is 0. The van der Waals surface area contributed by atoms with Crippen molar-refractivity contribution in [2.75, 3.05) is 32.7 Å². The van der Waals surface area contributed by atoms with Gasteiger partial charge in [-0.25, -0.2) is 0 Å². The topological polar surface area (TPSA) is 74.5 Å². The molecule has 1 aromatic rings. The quantitative estimate of drug-likeness (QED) is 0.773. The van der Waals surface area contributed by atoms with Gasteiger partial charge in [0.2, 0.25) is 0 Å². The lowest BCUT2D eigenvalue weighted by atomic mass is 10.3. The minimum absolute atomic E-state index is 0.138. The highest BCUT2D eigenvalue weighted by Crippen LogP contribution is 2.06. The fourth-order valence-electron chi connectivity index (χ4n) is 2.23. The summed E-state index contributed by atoms with van der Waals surface area (Å²) in [5.41, 5.74) is 0.962. The van der Waals surface area contributed by atoms with E-state index in [0.29, 0.717) is 0 Å². The molecule has 2 rings (SSSR count). The Morgan fingerprint density at radius 2 is 2.06 bits per heavy atom. The Hall–Kier alpha value is -1.47. The van der Waals surface area contributed by atoms with Crippen LogP contribution in [0.5, 0.6) is 0 Å². The second-order valence-electron chi connectivity index (χ2n) is 4.68. The molecule has 0 aromatic carbocycles. The van der Waals surface area contributed by atoms with Gasteiger partial charge in [-0.1, -0.05) is 5.21 Å². The van der Waals surface area contributed by atoms with Gasteiger partial charge in [0.05, 0.1) is 12.2 Å². The normalized spacial score (nSPS) is 18.7. The Balaban J connectivity index is 1.83. The minimum atomic E-state index is -0.752. The average Bonchev–Trinajstić information content (AvgIpc) is 2.57. The standard InChI is InChI=1S/C11H19N5O2/c1-14-7-10(12-13-14)8-15-3-2-4-16(6-5-15)9-11(17)18/h7H,2-6,8-9H2,1H3,(H,17,18). The first-order chi connectivity index (χ1) is 8.63. The molecule has 100 valence electrons. The predicted octanol–water partition coefficient (Wildman–Crippen LogP) is -0.593. The van der Waals surface area contributed by atoms with Crippen molar-refractivity contribution in [2.24, 2.45) is 7.05 Å². The smallest absolute Gasteiger partial charge is 0.317 e. The summed E-state index contributed by atoms with van der Waals surface area (Å²) in [4.78, 5) is 15.0. The van der Waals surface area contributed by atoms with Crippen LogP contribution in [-0.2, 0) is 18.4 Å². The molecule has 0 radical (unpaired) electrons. The van der Waals surface area contributed by atoms with Crippen LogP contribution in [0.15, 0.2) is 6.20 Å². The van der Waals surface area contributed by atoms with E-state index in [1.54, 1.807) is 4.68 Å². The number of aryl methyl sites for hydroxylation is 1. The maximum atomic E-state index is 10.7. The van der Waals surface area contributed by atoms with E-state index in [1.165, 1.54) is 0 Å². The summed E-state index contributed by atoms with van der Waals surface area (Å²) < 4.78 is 1.70. The molecule has 1 saturated heterocycles. The zero-order valence-corrected chi connectivity index (χ0v) is 10.6. The van der Waals surface area contributed by atoms with E-state index in [4.69, 9.17) is 5.11 Å². The summed E-state index contributed by atoms with van der Waals surface area (Å²) >= 11 is 0. The fraction of sp³-hybridized carbons (Fsp3) is 0.727. The van der Waals surface area contributed by atoms with E-state index in [-0.39, 0.29) is 6.54 Å². The number of carboxylic acid groups (broad SMARTS) is 1. The van der Waals surface area contributed by atoms with Crippen LogP contribution in [0, 0.1) is 0 Å². The van der Waals surface area contributed by atoms with Crippen LogP contribution >= 0.6 is 0 Å². The monoisotopic (exact) mass is 253 g/mol. The number of hydrogen-bond acceptors (Lipinski definition) is 5. The molecule has 0 saturated carbocycles. The number of hydrogen-bond donors (Lipinski definition) is 1. The number of aromatic nitrogens is 3. The molecule has 7 heteroatoms. The Morgan fingerprint density at radius 3 is 2.72 bits per heavy atom. The maximum absolute atomic E-state index is 10.7. The minimum Gasteiger partial charge on any atom is -0.480 e. The van der Waals surface area contributed by atoms with Crippen LogP contribution in [-0.4, -0.2) is 68.6 Å². The summed E-state index contributed by atoms with van der Waals surface area (Å²) in [5, 5.41) is 16.8. The summed E-state index contributed by atoms with van der Waals surface area (Å²) in [5.74, 6) is -0.752. The first-order valence-corrected chi connectivity index (χ1v) is 6.15. The lowest BCUT2D eigenvalue weighted by Crippen LogP contribution is -2.34. The summed E-state index contributed by atoms with van der Waals surface area (Å²) in [7, 11) is 1.85. The molecule has 7 nitrogen and oxygen atoms in total. The van der Waals surface area contributed by atoms with Gasteiger partial charge in [-0.3, -0.25) is 19.3 Å². The van der Waals surface area contributed by atoms with E-state index in [1.807, 2.05) is 18.1 Å². The van der Waals surface area contributed by atoms with Crippen LogP contribution in [0.2, 0.25) is 0 Å². The molecule has 0 bridgehead atoms. The lowest BCUT2D eigenvalue weighted by Gasteiger charge is -2.19. The fourth-order valence-corrected chi connectivity index (χ4v) is 2.23. The summed E-state index contributed by atoms with van der Waals surface area (Å²) in [6.07, 6.45) is 2.91. The van der Waals surface area contributed by atoms with Gasteiger partial charge < -0.3 is 5.11 Å². The Kier molecular flexibility index (Phi) is 4.27. The zero-order valence-electron chi connectivity index (χ0n) is 10.6. The van der Waals surface area contributed by atoms with Gasteiger partial charge in [-0.2, -0.15) is 0 Å². The molecule has 0 aliphatic carbocycles. The Labute approximate surface area is 106 Å². The molecular formula is C11H19N5O2. The lowest BCUT2D eigenvalue weighted by molar-refractivity contribution is -0.138. The van der Waals surface area contributed by atoms with Crippen LogP contribution in [0.25, 0.3) is 0 Å². The molecule has 1 aliphatic heterocycles. The molecule has 0 unspecified atom stereocenters. The number of rotatable bonds is 4. The van der Waals surface area contributed by atoms with Gasteiger partial charge in [0.25, 0.3) is 0 Å².